The molecule has 0 atom stereocenters. The van der Waals surface area contributed by atoms with E-state index in [9.17, 15) is 4.79 Å². The van der Waals surface area contributed by atoms with Crippen LogP contribution >= 0.6 is 0 Å². The second kappa shape index (κ2) is 8.72. The largest absolute Gasteiger partial charge is 0.494 e. The summed E-state index contributed by atoms with van der Waals surface area (Å²) in [5, 5.41) is 6.24. The van der Waals surface area contributed by atoms with Gasteiger partial charge in [0.05, 0.1) is 13.0 Å². The van der Waals surface area contributed by atoms with Gasteiger partial charge in [-0.1, -0.05) is 30.3 Å². The van der Waals surface area contributed by atoms with E-state index in [0.29, 0.717) is 13.0 Å². The fourth-order valence-electron chi connectivity index (χ4n) is 2.59. The molecule has 0 aromatic heterocycles. The predicted molar refractivity (Wildman–Crippen MR) is 106 cm³/mol. The van der Waals surface area contributed by atoms with Gasteiger partial charge in [-0.15, -0.1) is 0 Å². The van der Waals surface area contributed by atoms with E-state index in [1.807, 2.05) is 85.8 Å². The van der Waals surface area contributed by atoms with Crippen LogP contribution in [0.4, 0.5) is 17.1 Å². The van der Waals surface area contributed by atoms with Gasteiger partial charge in [0, 0.05) is 17.1 Å². The Bertz CT molecular complexity index is 828. The van der Waals surface area contributed by atoms with Crippen molar-refractivity contribution in [2.75, 3.05) is 17.2 Å². The molecule has 0 radical (unpaired) electrons. The Morgan fingerprint density at radius 2 is 1.42 bits per heavy atom. The molecule has 0 saturated heterocycles. The molecule has 132 valence electrons. The average molecular weight is 346 g/mol. The SMILES string of the molecule is CCOc1ccc(CC(=O)Nc2ccc(Nc3ccccc3)cc2)cc1. The van der Waals surface area contributed by atoms with E-state index in [2.05, 4.69) is 10.6 Å². The summed E-state index contributed by atoms with van der Waals surface area (Å²) < 4.78 is 5.41. The lowest BCUT2D eigenvalue weighted by molar-refractivity contribution is -0.115. The molecule has 3 aromatic rings. The Morgan fingerprint density at radius 1 is 0.808 bits per heavy atom. The van der Waals surface area contributed by atoms with Gasteiger partial charge in [0.2, 0.25) is 5.91 Å². The van der Waals surface area contributed by atoms with Crippen molar-refractivity contribution in [1.82, 2.24) is 0 Å². The van der Waals surface area contributed by atoms with Crippen LogP contribution in [0.15, 0.2) is 78.9 Å². The first kappa shape index (κ1) is 17.5. The van der Waals surface area contributed by atoms with Crippen LogP contribution in [0, 0.1) is 0 Å². The molecule has 0 aliphatic rings. The molecule has 3 aromatic carbocycles. The molecule has 0 bridgehead atoms. The number of hydrogen-bond acceptors (Lipinski definition) is 3. The maximum Gasteiger partial charge on any atom is 0.228 e. The van der Waals surface area contributed by atoms with E-state index in [4.69, 9.17) is 4.74 Å². The zero-order valence-corrected chi connectivity index (χ0v) is 14.7. The number of amides is 1. The van der Waals surface area contributed by atoms with Crippen LogP contribution in [0.1, 0.15) is 12.5 Å². The van der Waals surface area contributed by atoms with Crippen molar-refractivity contribution in [2.24, 2.45) is 0 Å². The quantitative estimate of drug-likeness (QED) is 0.632. The molecule has 1 amide bonds. The number of benzene rings is 3. The Morgan fingerprint density at radius 3 is 2.08 bits per heavy atom. The summed E-state index contributed by atoms with van der Waals surface area (Å²) in [6.45, 7) is 2.58. The topological polar surface area (TPSA) is 50.4 Å². The molecule has 0 saturated carbocycles. The summed E-state index contributed by atoms with van der Waals surface area (Å²) in [7, 11) is 0. The minimum atomic E-state index is -0.0436. The fourth-order valence-corrected chi connectivity index (χ4v) is 2.59. The molecule has 3 rings (SSSR count). The predicted octanol–water partition coefficient (Wildman–Crippen LogP) is 5.01. The first-order valence-electron chi connectivity index (χ1n) is 8.66. The molecule has 0 aliphatic heterocycles. The van der Waals surface area contributed by atoms with Crippen LogP contribution in [0.25, 0.3) is 0 Å². The maximum absolute atomic E-state index is 12.2. The third-order valence-corrected chi connectivity index (χ3v) is 3.83. The molecule has 0 aliphatic carbocycles. The third-order valence-electron chi connectivity index (χ3n) is 3.83. The highest BCUT2D eigenvalue weighted by Gasteiger charge is 2.05. The minimum Gasteiger partial charge on any atom is -0.494 e. The van der Waals surface area contributed by atoms with Crippen molar-refractivity contribution in [1.29, 1.82) is 0 Å². The van der Waals surface area contributed by atoms with Crippen LogP contribution in [0.2, 0.25) is 0 Å². The van der Waals surface area contributed by atoms with Crippen molar-refractivity contribution in [3.63, 3.8) is 0 Å². The molecule has 0 spiro atoms. The van der Waals surface area contributed by atoms with Gasteiger partial charge >= 0.3 is 0 Å². The molecule has 0 unspecified atom stereocenters. The lowest BCUT2D eigenvalue weighted by Crippen LogP contribution is -2.14. The average Bonchev–Trinajstić information content (AvgIpc) is 2.66. The lowest BCUT2D eigenvalue weighted by Gasteiger charge is -2.09. The number of carbonyl (C=O) groups is 1. The van der Waals surface area contributed by atoms with E-state index in [1.54, 1.807) is 0 Å². The number of carbonyl (C=O) groups excluding carboxylic acids is 1. The van der Waals surface area contributed by atoms with Gasteiger partial charge in [0.15, 0.2) is 0 Å². The van der Waals surface area contributed by atoms with Gasteiger partial charge in [0.25, 0.3) is 0 Å². The van der Waals surface area contributed by atoms with Gasteiger partial charge in [-0.05, 0) is 61.0 Å². The molecule has 0 fully saturated rings. The first-order valence-corrected chi connectivity index (χ1v) is 8.66. The zero-order valence-electron chi connectivity index (χ0n) is 14.7. The first-order chi connectivity index (χ1) is 12.7. The minimum absolute atomic E-state index is 0.0436. The normalized spacial score (nSPS) is 10.2. The number of para-hydroxylation sites is 1. The molecule has 2 N–H and O–H groups in total. The molecule has 4 heteroatoms. The van der Waals surface area contributed by atoms with Gasteiger partial charge in [-0.25, -0.2) is 0 Å². The summed E-state index contributed by atoms with van der Waals surface area (Å²) in [6, 6.07) is 25.2. The third kappa shape index (κ3) is 5.11. The van der Waals surface area contributed by atoms with E-state index >= 15 is 0 Å². The number of hydrogen-bond donors (Lipinski definition) is 2. The van der Waals surface area contributed by atoms with Crippen LogP contribution in [-0.2, 0) is 11.2 Å². The number of ether oxygens (including phenoxy) is 1. The van der Waals surface area contributed by atoms with Crippen molar-refractivity contribution < 1.29 is 9.53 Å². The summed E-state index contributed by atoms with van der Waals surface area (Å²) in [4.78, 5) is 12.2. The highest BCUT2D eigenvalue weighted by atomic mass is 16.5. The second-order valence-corrected chi connectivity index (χ2v) is 5.87. The van der Waals surface area contributed by atoms with E-state index in [1.165, 1.54) is 0 Å². The van der Waals surface area contributed by atoms with Gasteiger partial charge in [-0.2, -0.15) is 0 Å². The highest BCUT2D eigenvalue weighted by Crippen LogP contribution is 2.19. The van der Waals surface area contributed by atoms with Gasteiger partial charge in [-0.3, -0.25) is 4.79 Å². The van der Waals surface area contributed by atoms with E-state index in [0.717, 1.165) is 28.4 Å². The van der Waals surface area contributed by atoms with Crippen molar-refractivity contribution in [2.45, 2.75) is 13.3 Å². The Labute approximate surface area is 153 Å². The van der Waals surface area contributed by atoms with Gasteiger partial charge in [0.1, 0.15) is 5.75 Å². The fraction of sp³-hybridized carbons (Fsp3) is 0.136. The van der Waals surface area contributed by atoms with Crippen LogP contribution in [0.5, 0.6) is 5.75 Å². The van der Waals surface area contributed by atoms with Crippen LogP contribution < -0.4 is 15.4 Å². The monoisotopic (exact) mass is 346 g/mol. The Kier molecular flexibility index (Phi) is 5.88. The molecule has 26 heavy (non-hydrogen) atoms. The highest BCUT2D eigenvalue weighted by molar-refractivity contribution is 5.92. The number of rotatable bonds is 7. The van der Waals surface area contributed by atoms with Crippen molar-refractivity contribution in [3.05, 3.63) is 84.4 Å². The number of anilines is 3. The van der Waals surface area contributed by atoms with Crippen molar-refractivity contribution in [3.8, 4) is 5.75 Å². The summed E-state index contributed by atoms with van der Waals surface area (Å²) in [5.74, 6) is 0.774. The summed E-state index contributed by atoms with van der Waals surface area (Å²) >= 11 is 0. The molecule has 4 nitrogen and oxygen atoms in total. The Balaban J connectivity index is 1.54. The van der Waals surface area contributed by atoms with Crippen molar-refractivity contribution >= 4 is 23.0 Å². The molecular weight excluding hydrogens is 324 g/mol. The van der Waals surface area contributed by atoms with E-state index < -0.39 is 0 Å². The van der Waals surface area contributed by atoms with Crippen LogP contribution in [0.3, 0.4) is 0 Å². The lowest BCUT2D eigenvalue weighted by atomic mass is 10.1. The maximum atomic E-state index is 12.2. The van der Waals surface area contributed by atoms with Crippen LogP contribution in [-0.4, -0.2) is 12.5 Å². The summed E-state index contributed by atoms with van der Waals surface area (Å²) in [6.07, 6.45) is 0.330. The Hall–Kier alpha value is -3.27. The summed E-state index contributed by atoms with van der Waals surface area (Å²) in [5.41, 5.74) is 3.73. The zero-order chi connectivity index (χ0) is 18.2. The standard InChI is InChI=1S/C22H22N2O2/c1-2-26-21-14-8-17(9-15-21)16-22(25)24-20-12-10-19(11-13-20)23-18-6-4-3-5-7-18/h3-15,23H,2,16H2,1H3,(H,24,25). The molecular formula is C22H22N2O2. The second-order valence-electron chi connectivity index (χ2n) is 5.87. The molecule has 0 heterocycles. The van der Waals surface area contributed by atoms with E-state index in [-0.39, 0.29) is 5.91 Å². The smallest absolute Gasteiger partial charge is 0.228 e. The number of nitrogens with one attached hydrogen (secondary N) is 2. The van der Waals surface area contributed by atoms with Gasteiger partial charge < -0.3 is 15.4 Å².